The predicted molar refractivity (Wildman–Crippen MR) is 64.2 cm³/mol. The molecule has 0 fully saturated rings. The largest absolute Gasteiger partial charge is 0.244 e. The zero-order valence-corrected chi connectivity index (χ0v) is 10.7. The van der Waals surface area contributed by atoms with Crippen LogP contribution < -0.4 is 0 Å². The summed E-state index contributed by atoms with van der Waals surface area (Å²) in [7, 11) is 0. The van der Waals surface area contributed by atoms with Crippen molar-refractivity contribution in [3.63, 3.8) is 0 Å². The normalized spacial score (nSPS) is 11.0. The highest BCUT2D eigenvalue weighted by Crippen LogP contribution is 2.31. The standard InChI is InChI=1S/C12H18N2S/c1-5-9(6-2)12-14-11(8(3)4)10(7-13)15-12/h8-9H,5-6H2,1-4H3. The first-order valence-electron chi connectivity index (χ1n) is 5.54. The smallest absolute Gasteiger partial charge is 0.128 e. The van der Waals surface area contributed by atoms with Gasteiger partial charge >= 0.3 is 0 Å². The highest BCUT2D eigenvalue weighted by molar-refractivity contribution is 7.12. The molecule has 0 saturated carbocycles. The molecule has 0 aliphatic heterocycles. The fourth-order valence-corrected chi connectivity index (χ4v) is 2.92. The zero-order chi connectivity index (χ0) is 11.4. The van der Waals surface area contributed by atoms with Crippen molar-refractivity contribution in [2.45, 2.75) is 52.4 Å². The Balaban J connectivity index is 3.08. The van der Waals surface area contributed by atoms with Crippen molar-refractivity contribution in [2.24, 2.45) is 0 Å². The molecule has 1 aromatic rings. The first-order chi connectivity index (χ1) is 7.13. The van der Waals surface area contributed by atoms with Crippen LogP contribution in [0.3, 0.4) is 0 Å². The van der Waals surface area contributed by atoms with Crippen LogP contribution in [-0.2, 0) is 0 Å². The fraction of sp³-hybridized carbons (Fsp3) is 0.667. The van der Waals surface area contributed by atoms with Gasteiger partial charge in [-0.1, -0.05) is 27.7 Å². The Labute approximate surface area is 96.0 Å². The SMILES string of the molecule is CCC(CC)c1nc(C(C)C)c(C#N)s1. The van der Waals surface area contributed by atoms with Gasteiger partial charge in [0.05, 0.1) is 10.7 Å². The lowest BCUT2D eigenvalue weighted by Crippen LogP contribution is -1.96. The van der Waals surface area contributed by atoms with E-state index in [2.05, 4.69) is 38.7 Å². The van der Waals surface area contributed by atoms with Crippen molar-refractivity contribution < 1.29 is 0 Å². The van der Waals surface area contributed by atoms with Crippen LogP contribution in [0.4, 0.5) is 0 Å². The van der Waals surface area contributed by atoms with E-state index in [-0.39, 0.29) is 0 Å². The summed E-state index contributed by atoms with van der Waals surface area (Å²) in [4.78, 5) is 5.42. The first-order valence-corrected chi connectivity index (χ1v) is 6.36. The number of thiazole rings is 1. The summed E-state index contributed by atoms with van der Waals surface area (Å²) in [6, 6.07) is 2.26. The fourth-order valence-electron chi connectivity index (χ4n) is 1.63. The maximum absolute atomic E-state index is 9.03. The molecule has 0 aliphatic carbocycles. The Hall–Kier alpha value is -0.880. The van der Waals surface area contributed by atoms with Crippen molar-refractivity contribution in [3.8, 4) is 6.07 Å². The van der Waals surface area contributed by atoms with Crippen LogP contribution in [0, 0.1) is 11.3 Å². The lowest BCUT2D eigenvalue weighted by Gasteiger charge is -2.07. The highest BCUT2D eigenvalue weighted by atomic mass is 32.1. The molecule has 0 bridgehead atoms. The van der Waals surface area contributed by atoms with E-state index in [9.17, 15) is 0 Å². The second kappa shape index (κ2) is 5.27. The number of rotatable bonds is 4. The zero-order valence-electron chi connectivity index (χ0n) is 9.87. The summed E-state index contributed by atoms with van der Waals surface area (Å²) < 4.78 is 0. The minimum absolute atomic E-state index is 0.346. The molecule has 0 aliphatic rings. The average Bonchev–Trinajstić information content (AvgIpc) is 2.64. The van der Waals surface area contributed by atoms with Crippen LogP contribution in [0.15, 0.2) is 0 Å². The van der Waals surface area contributed by atoms with E-state index in [0.29, 0.717) is 11.8 Å². The number of nitriles is 1. The summed E-state index contributed by atoms with van der Waals surface area (Å²) in [6.45, 7) is 8.53. The third-order valence-electron chi connectivity index (χ3n) is 2.65. The van der Waals surface area contributed by atoms with Crippen molar-refractivity contribution in [2.75, 3.05) is 0 Å². The van der Waals surface area contributed by atoms with Gasteiger partial charge in [-0.25, -0.2) is 4.98 Å². The molecule has 15 heavy (non-hydrogen) atoms. The van der Waals surface area contributed by atoms with Gasteiger partial charge in [0.25, 0.3) is 0 Å². The topological polar surface area (TPSA) is 36.7 Å². The van der Waals surface area contributed by atoms with Crippen LogP contribution in [0.25, 0.3) is 0 Å². The molecule has 1 aromatic heterocycles. The molecule has 82 valence electrons. The molecule has 0 atom stereocenters. The molecule has 0 spiro atoms. The van der Waals surface area contributed by atoms with Crippen molar-refractivity contribution in [3.05, 3.63) is 15.6 Å². The summed E-state index contributed by atoms with van der Waals surface area (Å²) in [6.07, 6.45) is 2.21. The van der Waals surface area contributed by atoms with Crippen LogP contribution in [0.5, 0.6) is 0 Å². The molecular weight excluding hydrogens is 204 g/mol. The third kappa shape index (κ3) is 2.57. The van der Waals surface area contributed by atoms with Crippen molar-refractivity contribution >= 4 is 11.3 Å². The Morgan fingerprint density at radius 1 is 1.33 bits per heavy atom. The monoisotopic (exact) mass is 222 g/mol. The molecule has 1 heterocycles. The van der Waals surface area contributed by atoms with E-state index in [4.69, 9.17) is 5.26 Å². The van der Waals surface area contributed by atoms with Gasteiger partial charge in [0.1, 0.15) is 10.9 Å². The van der Waals surface area contributed by atoms with Crippen molar-refractivity contribution in [1.82, 2.24) is 4.98 Å². The molecule has 0 N–H and O–H groups in total. The van der Waals surface area contributed by atoms with Gasteiger partial charge in [-0.3, -0.25) is 0 Å². The lowest BCUT2D eigenvalue weighted by atomic mass is 10.0. The van der Waals surface area contributed by atoms with E-state index in [0.717, 1.165) is 28.4 Å². The molecule has 2 nitrogen and oxygen atoms in total. The van der Waals surface area contributed by atoms with Gasteiger partial charge in [0, 0.05) is 5.92 Å². The Bertz CT molecular complexity index is 356. The van der Waals surface area contributed by atoms with E-state index >= 15 is 0 Å². The van der Waals surface area contributed by atoms with Gasteiger partial charge in [0.15, 0.2) is 0 Å². The van der Waals surface area contributed by atoms with Gasteiger partial charge in [-0.2, -0.15) is 5.26 Å². The maximum atomic E-state index is 9.03. The molecule has 0 saturated heterocycles. The number of hydrogen-bond donors (Lipinski definition) is 0. The molecule has 0 aromatic carbocycles. The van der Waals surface area contributed by atoms with Crippen LogP contribution in [0.1, 0.15) is 68.0 Å². The molecule has 3 heteroatoms. The van der Waals surface area contributed by atoms with Crippen LogP contribution in [-0.4, -0.2) is 4.98 Å². The van der Waals surface area contributed by atoms with E-state index < -0.39 is 0 Å². The molecule has 0 unspecified atom stereocenters. The summed E-state index contributed by atoms with van der Waals surface area (Å²) in [5.41, 5.74) is 0.976. The Morgan fingerprint density at radius 3 is 2.27 bits per heavy atom. The first kappa shape index (κ1) is 12.2. The minimum atomic E-state index is 0.346. The van der Waals surface area contributed by atoms with E-state index in [1.807, 2.05) is 0 Å². The predicted octanol–water partition coefficient (Wildman–Crippen LogP) is 4.04. The van der Waals surface area contributed by atoms with Gasteiger partial charge < -0.3 is 0 Å². The molecule has 0 radical (unpaired) electrons. The number of hydrogen-bond acceptors (Lipinski definition) is 3. The second-order valence-electron chi connectivity index (χ2n) is 4.05. The second-order valence-corrected chi connectivity index (χ2v) is 5.08. The third-order valence-corrected chi connectivity index (χ3v) is 3.79. The quantitative estimate of drug-likeness (QED) is 0.770. The Kier molecular flexibility index (Phi) is 4.28. The van der Waals surface area contributed by atoms with E-state index in [1.165, 1.54) is 0 Å². The summed E-state index contributed by atoms with van der Waals surface area (Å²) in [5, 5.41) is 10.2. The highest BCUT2D eigenvalue weighted by Gasteiger charge is 2.18. The van der Waals surface area contributed by atoms with Crippen LogP contribution in [0.2, 0.25) is 0 Å². The van der Waals surface area contributed by atoms with Gasteiger partial charge in [-0.15, -0.1) is 11.3 Å². The average molecular weight is 222 g/mol. The van der Waals surface area contributed by atoms with Gasteiger partial charge in [-0.05, 0) is 18.8 Å². The molecule has 1 rings (SSSR count). The number of aromatic nitrogens is 1. The van der Waals surface area contributed by atoms with Crippen molar-refractivity contribution in [1.29, 1.82) is 5.26 Å². The van der Waals surface area contributed by atoms with Gasteiger partial charge in [0.2, 0.25) is 0 Å². The van der Waals surface area contributed by atoms with Crippen LogP contribution >= 0.6 is 11.3 Å². The lowest BCUT2D eigenvalue weighted by molar-refractivity contribution is 0.632. The summed E-state index contributed by atoms with van der Waals surface area (Å²) in [5.74, 6) is 0.869. The molecule has 0 amide bonds. The minimum Gasteiger partial charge on any atom is -0.244 e. The number of nitrogens with zero attached hydrogens (tertiary/aromatic N) is 2. The maximum Gasteiger partial charge on any atom is 0.128 e. The summed E-state index contributed by atoms with van der Waals surface area (Å²) >= 11 is 1.57. The Morgan fingerprint density at radius 2 is 1.93 bits per heavy atom. The molecular formula is C12H18N2S. The van der Waals surface area contributed by atoms with E-state index in [1.54, 1.807) is 11.3 Å².